The summed E-state index contributed by atoms with van der Waals surface area (Å²) >= 11 is 0. The number of aliphatic hydroxyl groups is 1. The minimum Gasteiger partial charge on any atom is -0.383 e. The number of hydrogen-bond acceptors (Lipinski definition) is 4. The van der Waals surface area contributed by atoms with Crippen molar-refractivity contribution >= 4 is 23.2 Å². The summed E-state index contributed by atoms with van der Waals surface area (Å²) in [6.07, 6.45) is 0.261. The van der Waals surface area contributed by atoms with E-state index in [0.717, 1.165) is 16.9 Å². The van der Waals surface area contributed by atoms with E-state index in [1.54, 1.807) is 4.90 Å². The van der Waals surface area contributed by atoms with E-state index in [4.69, 9.17) is 0 Å². The highest BCUT2D eigenvalue weighted by atomic mass is 16.3. The van der Waals surface area contributed by atoms with Crippen molar-refractivity contribution in [1.82, 2.24) is 4.90 Å². The molecule has 2 heterocycles. The standard InChI is InChI=1S/C21H23N3O3/c25-18(14-15-6-2-1-3-7-15)19(26)24-12-10-21(11-13-24)20(27)22-16-8-4-5-9-17(16)23-21/h1-9,18,23,25H,10-14H2,(H,22,27)/t18-/m0/s1. The average Bonchev–Trinajstić information content (AvgIpc) is 2.70. The summed E-state index contributed by atoms with van der Waals surface area (Å²) in [7, 11) is 0. The van der Waals surface area contributed by atoms with E-state index >= 15 is 0 Å². The topological polar surface area (TPSA) is 81.7 Å². The molecule has 2 aliphatic heterocycles. The maximum atomic E-state index is 12.7. The second-order valence-corrected chi connectivity index (χ2v) is 7.24. The Bertz CT molecular complexity index is 845. The third kappa shape index (κ3) is 3.40. The van der Waals surface area contributed by atoms with Gasteiger partial charge in [-0.2, -0.15) is 0 Å². The van der Waals surface area contributed by atoms with Gasteiger partial charge in [-0.1, -0.05) is 42.5 Å². The first-order valence-electron chi connectivity index (χ1n) is 9.27. The summed E-state index contributed by atoms with van der Waals surface area (Å²) in [6.45, 7) is 0.876. The molecule has 2 aromatic carbocycles. The molecular weight excluding hydrogens is 342 g/mol. The zero-order valence-electron chi connectivity index (χ0n) is 15.0. The largest absolute Gasteiger partial charge is 0.383 e. The number of anilines is 2. The van der Waals surface area contributed by atoms with Gasteiger partial charge in [0, 0.05) is 19.5 Å². The lowest BCUT2D eigenvalue weighted by Gasteiger charge is -2.44. The summed E-state index contributed by atoms with van der Waals surface area (Å²) < 4.78 is 0. The molecule has 140 valence electrons. The molecule has 1 spiro atoms. The maximum Gasteiger partial charge on any atom is 0.251 e. The third-order valence-corrected chi connectivity index (χ3v) is 5.47. The van der Waals surface area contributed by atoms with Gasteiger partial charge in [-0.05, 0) is 30.5 Å². The van der Waals surface area contributed by atoms with E-state index in [2.05, 4.69) is 10.6 Å². The number of nitrogens with one attached hydrogen (secondary N) is 2. The molecule has 0 saturated carbocycles. The van der Waals surface area contributed by atoms with E-state index in [0.29, 0.717) is 32.4 Å². The normalized spacial score (nSPS) is 19.0. The molecule has 2 aromatic rings. The monoisotopic (exact) mass is 365 g/mol. The highest BCUT2D eigenvalue weighted by Crippen LogP contribution is 2.36. The van der Waals surface area contributed by atoms with Gasteiger partial charge in [-0.25, -0.2) is 0 Å². The number of amides is 2. The van der Waals surface area contributed by atoms with Gasteiger partial charge in [0.05, 0.1) is 11.4 Å². The number of piperidine rings is 1. The molecule has 6 heteroatoms. The van der Waals surface area contributed by atoms with Crippen LogP contribution in [0.4, 0.5) is 11.4 Å². The Morgan fingerprint density at radius 1 is 1.04 bits per heavy atom. The number of hydrogen-bond donors (Lipinski definition) is 3. The van der Waals surface area contributed by atoms with Crippen molar-refractivity contribution in [3.8, 4) is 0 Å². The number of aliphatic hydroxyl groups excluding tert-OH is 1. The van der Waals surface area contributed by atoms with Crippen molar-refractivity contribution in [3.63, 3.8) is 0 Å². The van der Waals surface area contributed by atoms with Crippen LogP contribution >= 0.6 is 0 Å². The number of nitrogens with zero attached hydrogens (tertiary/aromatic N) is 1. The molecule has 0 aliphatic carbocycles. The van der Waals surface area contributed by atoms with Crippen molar-refractivity contribution in [2.24, 2.45) is 0 Å². The highest BCUT2D eigenvalue weighted by molar-refractivity contribution is 6.06. The number of rotatable bonds is 3. The molecule has 2 amide bonds. The zero-order chi connectivity index (χ0) is 18.9. The van der Waals surface area contributed by atoms with Crippen LogP contribution in [0.5, 0.6) is 0 Å². The molecule has 1 fully saturated rings. The predicted molar refractivity (Wildman–Crippen MR) is 103 cm³/mol. The minimum atomic E-state index is -1.06. The number of fused-ring (bicyclic) bond motifs is 1. The fraction of sp³-hybridized carbons (Fsp3) is 0.333. The lowest BCUT2D eigenvalue weighted by atomic mass is 9.84. The summed E-state index contributed by atoms with van der Waals surface area (Å²) in [6, 6.07) is 17.1. The van der Waals surface area contributed by atoms with Crippen LogP contribution in [0.1, 0.15) is 18.4 Å². The molecule has 2 aliphatic rings. The Kier molecular flexibility index (Phi) is 4.58. The van der Waals surface area contributed by atoms with Crippen LogP contribution in [0, 0.1) is 0 Å². The van der Waals surface area contributed by atoms with Crippen LogP contribution in [0.15, 0.2) is 54.6 Å². The second kappa shape index (κ2) is 7.04. The SMILES string of the molecule is O=C([C@@H](O)Cc1ccccc1)N1CCC2(CC1)Nc1ccccc1NC2=O. The van der Waals surface area contributed by atoms with Crippen LogP contribution < -0.4 is 10.6 Å². The van der Waals surface area contributed by atoms with Gasteiger partial charge in [0.25, 0.3) is 5.91 Å². The van der Waals surface area contributed by atoms with Gasteiger partial charge in [-0.15, -0.1) is 0 Å². The molecule has 0 bridgehead atoms. The van der Waals surface area contributed by atoms with Gasteiger partial charge < -0.3 is 20.6 Å². The van der Waals surface area contributed by atoms with Crippen LogP contribution in [-0.4, -0.2) is 46.6 Å². The lowest BCUT2D eigenvalue weighted by molar-refractivity contribution is -0.142. The van der Waals surface area contributed by atoms with Gasteiger partial charge >= 0.3 is 0 Å². The molecule has 3 N–H and O–H groups in total. The van der Waals surface area contributed by atoms with Gasteiger partial charge in [0.15, 0.2) is 0 Å². The van der Waals surface area contributed by atoms with E-state index in [9.17, 15) is 14.7 Å². The molecule has 0 aromatic heterocycles. The third-order valence-electron chi connectivity index (χ3n) is 5.47. The van der Waals surface area contributed by atoms with E-state index in [-0.39, 0.29) is 11.8 Å². The van der Waals surface area contributed by atoms with Crippen LogP contribution in [0.3, 0.4) is 0 Å². The summed E-state index contributed by atoms with van der Waals surface area (Å²) in [5.41, 5.74) is 1.91. The van der Waals surface area contributed by atoms with Crippen molar-refractivity contribution < 1.29 is 14.7 Å². The Hall–Kier alpha value is -2.86. The summed E-state index contributed by atoms with van der Waals surface area (Å²) in [5, 5.41) is 16.7. The quantitative estimate of drug-likeness (QED) is 0.777. The second-order valence-electron chi connectivity index (χ2n) is 7.24. The van der Waals surface area contributed by atoms with Gasteiger partial charge in [0.1, 0.15) is 11.6 Å². The van der Waals surface area contributed by atoms with Crippen LogP contribution in [-0.2, 0) is 16.0 Å². The first-order valence-corrected chi connectivity index (χ1v) is 9.27. The van der Waals surface area contributed by atoms with Crippen molar-refractivity contribution in [1.29, 1.82) is 0 Å². The summed E-state index contributed by atoms with van der Waals surface area (Å²) in [4.78, 5) is 26.9. The fourth-order valence-corrected chi connectivity index (χ4v) is 3.85. The Morgan fingerprint density at radius 2 is 1.67 bits per heavy atom. The minimum absolute atomic E-state index is 0.0573. The fourth-order valence-electron chi connectivity index (χ4n) is 3.85. The molecule has 1 saturated heterocycles. The molecule has 27 heavy (non-hydrogen) atoms. The number of likely N-dealkylation sites (tertiary alicyclic amines) is 1. The maximum absolute atomic E-state index is 12.7. The number of benzene rings is 2. The van der Waals surface area contributed by atoms with Crippen molar-refractivity contribution in [2.45, 2.75) is 30.9 Å². The Morgan fingerprint density at radius 3 is 2.37 bits per heavy atom. The zero-order valence-corrected chi connectivity index (χ0v) is 15.0. The first-order chi connectivity index (χ1) is 13.1. The number of carbonyl (C=O) groups excluding carboxylic acids is 2. The average molecular weight is 365 g/mol. The molecule has 4 rings (SSSR count). The van der Waals surface area contributed by atoms with Crippen LogP contribution in [0.25, 0.3) is 0 Å². The molecule has 0 radical (unpaired) electrons. The molecule has 1 atom stereocenters. The van der Waals surface area contributed by atoms with Gasteiger partial charge in [0.2, 0.25) is 5.91 Å². The predicted octanol–water partition coefficient (Wildman–Crippen LogP) is 2.02. The van der Waals surface area contributed by atoms with E-state index in [1.165, 1.54) is 0 Å². The smallest absolute Gasteiger partial charge is 0.251 e. The molecule has 0 unspecified atom stereocenters. The van der Waals surface area contributed by atoms with Crippen LogP contribution in [0.2, 0.25) is 0 Å². The van der Waals surface area contributed by atoms with E-state index < -0.39 is 11.6 Å². The summed E-state index contributed by atoms with van der Waals surface area (Å²) in [5.74, 6) is -0.330. The molecular formula is C21H23N3O3. The lowest BCUT2D eigenvalue weighted by Crippen LogP contribution is -2.59. The van der Waals surface area contributed by atoms with Gasteiger partial charge in [-0.3, -0.25) is 9.59 Å². The number of para-hydroxylation sites is 2. The van der Waals surface area contributed by atoms with Crippen molar-refractivity contribution in [2.75, 3.05) is 23.7 Å². The Balaban J connectivity index is 1.40. The Labute approximate surface area is 158 Å². The number of carbonyl (C=O) groups is 2. The first kappa shape index (κ1) is 17.5. The van der Waals surface area contributed by atoms with E-state index in [1.807, 2.05) is 54.6 Å². The highest BCUT2D eigenvalue weighted by Gasteiger charge is 2.45. The van der Waals surface area contributed by atoms with Crippen molar-refractivity contribution in [3.05, 3.63) is 60.2 Å². The molecule has 6 nitrogen and oxygen atoms in total.